The lowest BCUT2D eigenvalue weighted by Crippen LogP contribution is -2.24. The maximum Gasteiger partial charge on any atom is 0.223 e. The Kier molecular flexibility index (Phi) is 3.44. The van der Waals surface area contributed by atoms with Gasteiger partial charge in [-0.2, -0.15) is 0 Å². The van der Waals surface area contributed by atoms with Crippen molar-refractivity contribution in [2.24, 2.45) is 5.92 Å². The summed E-state index contributed by atoms with van der Waals surface area (Å²) in [5.41, 5.74) is 1.11. The summed E-state index contributed by atoms with van der Waals surface area (Å²) >= 11 is 0. The molecular formula is C13H17NO2. The van der Waals surface area contributed by atoms with Crippen molar-refractivity contribution in [3.63, 3.8) is 0 Å². The van der Waals surface area contributed by atoms with Crippen LogP contribution in [-0.2, 0) is 11.3 Å². The van der Waals surface area contributed by atoms with Crippen LogP contribution in [0.4, 0.5) is 0 Å². The van der Waals surface area contributed by atoms with Gasteiger partial charge >= 0.3 is 0 Å². The number of carbonyl (C=O) groups is 1. The molecule has 16 heavy (non-hydrogen) atoms. The molecule has 0 radical (unpaired) electrons. The first-order chi connectivity index (χ1) is 7.79. The molecular weight excluding hydrogens is 202 g/mol. The third-order valence-electron chi connectivity index (χ3n) is 2.65. The first kappa shape index (κ1) is 11.0. The number of hydrogen-bond donors (Lipinski definition) is 1. The van der Waals surface area contributed by atoms with Crippen molar-refractivity contribution in [2.75, 3.05) is 6.61 Å². The Morgan fingerprint density at radius 3 is 2.62 bits per heavy atom. The van der Waals surface area contributed by atoms with E-state index in [2.05, 4.69) is 5.32 Å². The second kappa shape index (κ2) is 5.01. The minimum Gasteiger partial charge on any atom is -0.494 e. The molecule has 3 nitrogen and oxygen atoms in total. The predicted octanol–water partition coefficient (Wildman–Crippen LogP) is 2.11. The molecule has 0 aromatic heterocycles. The van der Waals surface area contributed by atoms with Gasteiger partial charge < -0.3 is 10.1 Å². The Bertz CT molecular complexity index is 355. The van der Waals surface area contributed by atoms with E-state index in [1.165, 1.54) is 0 Å². The van der Waals surface area contributed by atoms with E-state index in [1.807, 2.05) is 31.2 Å². The molecule has 0 saturated heterocycles. The lowest BCUT2D eigenvalue weighted by atomic mass is 10.2. The first-order valence-corrected chi connectivity index (χ1v) is 5.79. The predicted molar refractivity (Wildman–Crippen MR) is 62.2 cm³/mol. The zero-order chi connectivity index (χ0) is 11.4. The van der Waals surface area contributed by atoms with Crippen LogP contribution >= 0.6 is 0 Å². The van der Waals surface area contributed by atoms with E-state index in [0.29, 0.717) is 13.2 Å². The lowest BCUT2D eigenvalue weighted by molar-refractivity contribution is -0.122. The van der Waals surface area contributed by atoms with E-state index >= 15 is 0 Å². The number of rotatable bonds is 5. The van der Waals surface area contributed by atoms with Gasteiger partial charge in [0.15, 0.2) is 0 Å². The van der Waals surface area contributed by atoms with Crippen molar-refractivity contribution >= 4 is 5.91 Å². The largest absolute Gasteiger partial charge is 0.494 e. The van der Waals surface area contributed by atoms with E-state index in [1.54, 1.807) is 0 Å². The van der Waals surface area contributed by atoms with Crippen LogP contribution in [0.3, 0.4) is 0 Å². The number of carbonyl (C=O) groups excluding carboxylic acids is 1. The molecule has 1 aromatic carbocycles. The summed E-state index contributed by atoms with van der Waals surface area (Å²) in [6.45, 7) is 3.25. The molecule has 1 saturated carbocycles. The van der Waals surface area contributed by atoms with E-state index in [0.717, 1.165) is 24.2 Å². The molecule has 0 bridgehead atoms. The molecule has 0 aliphatic heterocycles. The van der Waals surface area contributed by atoms with Gasteiger partial charge in [-0.1, -0.05) is 12.1 Å². The van der Waals surface area contributed by atoms with Crippen LogP contribution in [0.15, 0.2) is 24.3 Å². The van der Waals surface area contributed by atoms with Crippen molar-refractivity contribution in [1.29, 1.82) is 0 Å². The molecule has 1 aliphatic rings. The SMILES string of the molecule is CCOc1ccc(CNC(=O)C2CC2)cc1. The van der Waals surface area contributed by atoms with Crippen LogP contribution in [0, 0.1) is 5.92 Å². The average molecular weight is 219 g/mol. The fourth-order valence-corrected chi connectivity index (χ4v) is 1.55. The first-order valence-electron chi connectivity index (χ1n) is 5.79. The Hall–Kier alpha value is -1.51. The Morgan fingerprint density at radius 1 is 1.38 bits per heavy atom. The monoisotopic (exact) mass is 219 g/mol. The van der Waals surface area contributed by atoms with Gasteiger partial charge in [-0.15, -0.1) is 0 Å². The molecule has 0 atom stereocenters. The third kappa shape index (κ3) is 2.99. The molecule has 0 heterocycles. The van der Waals surface area contributed by atoms with Crippen LogP contribution in [-0.4, -0.2) is 12.5 Å². The molecule has 1 fully saturated rings. The van der Waals surface area contributed by atoms with Crippen LogP contribution in [0.2, 0.25) is 0 Å². The highest BCUT2D eigenvalue weighted by atomic mass is 16.5. The van der Waals surface area contributed by atoms with E-state index in [9.17, 15) is 4.79 Å². The Morgan fingerprint density at radius 2 is 2.06 bits per heavy atom. The second-order valence-electron chi connectivity index (χ2n) is 4.07. The standard InChI is InChI=1S/C13H17NO2/c1-2-16-12-7-3-10(4-8-12)9-14-13(15)11-5-6-11/h3-4,7-8,11H,2,5-6,9H2,1H3,(H,14,15). The summed E-state index contributed by atoms with van der Waals surface area (Å²) in [4.78, 5) is 11.4. The van der Waals surface area contributed by atoms with Crippen molar-refractivity contribution in [1.82, 2.24) is 5.32 Å². The summed E-state index contributed by atoms with van der Waals surface area (Å²) in [5.74, 6) is 1.34. The van der Waals surface area contributed by atoms with Crippen LogP contribution < -0.4 is 10.1 Å². The summed E-state index contributed by atoms with van der Waals surface area (Å²) in [5, 5.41) is 2.93. The Balaban J connectivity index is 1.82. The fourth-order valence-electron chi connectivity index (χ4n) is 1.55. The molecule has 1 amide bonds. The molecule has 86 valence electrons. The number of nitrogens with one attached hydrogen (secondary N) is 1. The maximum atomic E-state index is 11.4. The number of hydrogen-bond acceptors (Lipinski definition) is 2. The Labute approximate surface area is 95.8 Å². The minimum atomic E-state index is 0.189. The fraction of sp³-hybridized carbons (Fsp3) is 0.462. The average Bonchev–Trinajstić information content (AvgIpc) is 3.12. The highest BCUT2D eigenvalue weighted by Crippen LogP contribution is 2.28. The highest BCUT2D eigenvalue weighted by Gasteiger charge is 2.29. The van der Waals surface area contributed by atoms with E-state index in [-0.39, 0.29) is 11.8 Å². The molecule has 0 unspecified atom stereocenters. The quantitative estimate of drug-likeness (QED) is 0.823. The topological polar surface area (TPSA) is 38.3 Å². The van der Waals surface area contributed by atoms with Crippen LogP contribution in [0.1, 0.15) is 25.3 Å². The molecule has 1 N–H and O–H groups in total. The molecule has 0 spiro atoms. The van der Waals surface area contributed by atoms with Gasteiger partial charge in [-0.05, 0) is 37.5 Å². The number of ether oxygens (including phenoxy) is 1. The van der Waals surface area contributed by atoms with Gasteiger partial charge in [0, 0.05) is 12.5 Å². The molecule has 1 aliphatic carbocycles. The summed E-state index contributed by atoms with van der Waals surface area (Å²) < 4.78 is 5.35. The van der Waals surface area contributed by atoms with Crippen molar-refractivity contribution in [3.8, 4) is 5.75 Å². The van der Waals surface area contributed by atoms with Gasteiger partial charge in [-0.25, -0.2) is 0 Å². The number of benzene rings is 1. The molecule has 2 rings (SSSR count). The maximum absolute atomic E-state index is 11.4. The summed E-state index contributed by atoms with van der Waals surface area (Å²) in [6.07, 6.45) is 2.10. The zero-order valence-electron chi connectivity index (χ0n) is 9.53. The van der Waals surface area contributed by atoms with Gasteiger partial charge in [0.05, 0.1) is 6.61 Å². The lowest BCUT2D eigenvalue weighted by Gasteiger charge is -2.06. The zero-order valence-corrected chi connectivity index (χ0v) is 9.53. The van der Waals surface area contributed by atoms with Gasteiger partial charge in [0.1, 0.15) is 5.75 Å². The molecule has 3 heteroatoms. The van der Waals surface area contributed by atoms with Crippen LogP contribution in [0.25, 0.3) is 0 Å². The van der Waals surface area contributed by atoms with Gasteiger partial charge in [0.2, 0.25) is 5.91 Å². The normalized spacial score (nSPS) is 14.6. The van der Waals surface area contributed by atoms with Crippen LogP contribution in [0.5, 0.6) is 5.75 Å². The highest BCUT2D eigenvalue weighted by molar-refractivity contribution is 5.80. The van der Waals surface area contributed by atoms with Gasteiger partial charge in [0.25, 0.3) is 0 Å². The molecule has 1 aromatic rings. The smallest absolute Gasteiger partial charge is 0.223 e. The van der Waals surface area contributed by atoms with E-state index < -0.39 is 0 Å². The summed E-state index contributed by atoms with van der Waals surface area (Å²) in [7, 11) is 0. The van der Waals surface area contributed by atoms with Crippen molar-refractivity contribution in [3.05, 3.63) is 29.8 Å². The third-order valence-corrected chi connectivity index (χ3v) is 2.65. The van der Waals surface area contributed by atoms with Gasteiger partial charge in [-0.3, -0.25) is 4.79 Å². The number of amides is 1. The minimum absolute atomic E-state index is 0.189. The summed E-state index contributed by atoms with van der Waals surface area (Å²) in [6, 6.07) is 7.83. The van der Waals surface area contributed by atoms with Crippen molar-refractivity contribution < 1.29 is 9.53 Å². The second-order valence-corrected chi connectivity index (χ2v) is 4.07. The van der Waals surface area contributed by atoms with Crippen molar-refractivity contribution in [2.45, 2.75) is 26.3 Å². The van der Waals surface area contributed by atoms with E-state index in [4.69, 9.17) is 4.74 Å².